The van der Waals surface area contributed by atoms with Gasteiger partial charge in [-0.05, 0) is 53.2 Å². The highest BCUT2D eigenvalue weighted by molar-refractivity contribution is 7.22. The van der Waals surface area contributed by atoms with E-state index in [-0.39, 0.29) is 0 Å². The SMILES string of the molecule is Nc1ccc2nc(Nc3ccc4sccc4c3)sc2c1. The maximum absolute atomic E-state index is 5.80. The van der Waals surface area contributed by atoms with E-state index in [1.54, 1.807) is 22.7 Å². The number of nitrogen functional groups attached to an aromatic ring is 1. The Bertz CT molecular complexity index is 908. The molecule has 0 unspecified atom stereocenters. The van der Waals surface area contributed by atoms with Crippen LogP contribution in [-0.4, -0.2) is 4.98 Å². The van der Waals surface area contributed by atoms with Crippen LogP contribution in [0.5, 0.6) is 0 Å². The molecule has 4 rings (SSSR count). The molecule has 0 radical (unpaired) electrons. The topological polar surface area (TPSA) is 50.9 Å². The number of fused-ring (bicyclic) bond motifs is 2. The smallest absolute Gasteiger partial charge is 0.188 e. The summed E-state index contributed by atoms with van der Waals surface area (Å²) in [5, 5.41) is 7.62. The van der Waals surface area contributed by atoms with E-state index in [0.29, 0.717) is 0 Å². The van der Waals surface area contributed by atoms with E-state index in [0.717, 1.165) is 26.7 Å². The lowest BCUT2D eigenvalue weighted by molar-refractivity contribution is 1.45. The molecular weight excluding hydrogens is 286 g/mol. The summed E-state index contributed by atoms with van der Waals surface area (Å²) in [5.41, 5.74) is 8.60. The lowest BCUT2D eigenvalue weighted by Crippen LogP contribution is -1.88. The first-order valence-corrected chi connectivity index (χ1v) is 7.88. The highest BCUT2D eigenvalue weighted by Gasteiger charge is 2.05. The highest BCUT2D eigenvalue weighted by atomic mass is 32.1. The number of rotatable bonds is 2. The summed E-state index contributed by atoms with van der Waals surface area (Å²) >= 11 is 3.37. The van der Waals surface area contributed by atoms with Crippen LogP contribution in [0, 0.1) is 0 Å². The Morgan fingerprint density at radius 2 is 1.95 bits per heavy atom. The number of thiophene rings is 1. The molecule has 5 heteroatoms. The fourth-order valence-electron chi connectivity index (χ4n) is 2.16. The van der Waals surface area contributed by atoms with Gasteiger partial charge < -0.3 is 11.1 Å². The number of benzene rings is 2. The molecule has 0 saturated carbocycles. The number of nitrogens with two attached hydrogens (primary N) is 1. The van der Waals surface area contributed by atoms with Crippen molar-refractivity contribution in [3.8, 4) is 0 Å². The second kappa shape index (κ2) is 4.47. The molecule has 98 valence electrons. The highest BCUT2D eigenvalue weighted by Crippen LogP contribution is 2.31. The third kappa shape index (κ3) is 2.01. The zero-order valence-corrected chi connectivity index (χ0v) is 12.1. The van der Waals surface area contributed by atoms with E-state index < -0.39 is 0 Å². The van der Waals surface area contributed by atoms with Gasteiger partial charge in [0.25, 0.3) is 0 Å². The van der Waals surface area contributed by atoms with Gasteiger partial charge in [0.2, 0.25) is 0 Å². The normalized spacial score (nSPS) is 11.2. The first kappa shape index (κ1) is 11.7. The number of anilines is 3. The Morgan fingerprint density at radius 3 is 2.90 bits per heavy atom. The molecule has 0 aliphatic rings. The lowest BCUT2D eigenvalue weighted by Gasteiger charge is -2.01. The van der Waals surface area contributed by atoms with Crippen LogP contribution < -0.4 is 11.1 Å². The Labute approximate surface area is 123 Å². The Hall–Kier alpha value is -2.11. The van der Waals surface area contributed by atoms with Crippen LogP contribution in [0.4, 0.5) is 16.5 Å². The largest absolute Gasteiger partial charge is 0.399 e. The first-order chi connectivity index (χ1) is 9.78. The minimum Gasteiger partial charge on any atom is -0.399 e. The summed E-state index contributed by atoms with van der Waals surface area (Å²) < 4.78 is 2.40. The van der Waals surface area contributed by atoms with Gasteiger partial charge in [0, 0.05) is 16.1 Å². The lowest BCUT2D eigenvalue weighted by atomic mass is 10.2. The summed E-state index contributed by atoms with van der Waals surface area (Å²) in [6.45, 7) is 0. The van der Waals surface area contributed by atoms with E-state index in [2.05, 4.69) is 39.9 Å². The Kier molecular flexibility index (Phi) is 2.61. The van der Waals surface area contributed by atoms with Gasteiger partial charge in [-0.3, -0.25) is 0 Å². The molecule has 0 fully saturated rings. The quantitative estimate of drug-likeness (QED) is 0.521. The van der Waals surface area contributed by atoms with Crippen LogP contribution in [0.15, 0.2) is 47.8 Å². The van der Waals surface area contributed by atoms with Crippen LogP contribution in [0.1, 0.15) is 0 Å². The molecule has 0 amide bonds. The monoisotopic (exact) mass is 297 g/mol. The van der Waals surface area contributed by atoms with E-state index >= 15 is 0 Å². The minimum atomic E-state index is 0.771. The van der Waals surface area contributed by atoms with Crippen molar-refractivity contribution in [1.82, 2.24) is 4.98 Å². The van der Waals surface area contributed by atoms with Crippen molar-refractivity contribution in [2.24, 2.45) is 0 Å². The van der Waals surface area contributed by atoms with Crippen molar-refractivity contribution < 1.29 is 0 Å². The van der Waals surface area contributed by atoms with E-state index in [4.69, 9.17) is 5.73 Å². The summed E-state index contributed by atoms with van der Waals surface area (Å²) in [6, 6.07) is 14.3. The maximum atomic E-state index is 5.80. The van der Waals surface area contributed by atoms with Crippen molar-refractivity contribution in [2.75, 3.05) is 11.1 Å². The van der Waals surface area contributed by atoms with Crippen molar-refractivity contribution in [1.29, 1.82) is 0 Å². The van der Waals surface area contributed by atoms with E-state index in [1.807, 2.05) is 18.2 Å². The number of aromatic nitrogens is 1. The summed E-state index contributed by atoms with van der Waals surface area (Å²) in [4.78, 5) is 4.57. The Morgan fingerprint density at radius 1 is 1.00 bits per heavy atom. The van der Waals surface area contributed by atoms with Gasteiger partial charge in [-0.15, -0.1) is 11.3 Å². The van der Waals surface area contributed by atoms with Gasteiger partial charge in [-0.25, -0.2) is 4.98 Å². The number of nitrogens with zero attached hydrogens (tertiary/aromatic N) is 1. The van der Waals surface area contributed by atoms with Crippen LogP contribution in [-0.2, 0) is 0 Å². The van der Waals surface area contributed by atoms with E-state index in [9.17, 15) is 0 Å². The van der Waals surface area contributed by atoms with Crippen molar-refractivity contribution >= 4 is 59.5 Å². The predicted octanol–water partition coefficient (Wildman–Crippen LogP) is 4.84. The van der Waals surface area contributed by atoms with E-state index in [1.165, 1.54) is 10.1 Å². The second-order valence-electron chi connectivity index (χ2n) is 4.54. The average molecular weight is 297 g/mol. The molecule has 0 aliphatic heterocycles. The number of hydrogen-bond donors (Lipinski definition) is 2. The Balaban J connectivity index is 1.72. The summed E-state index contributed by atoms with van der Waals surface area (Å²) in [5.74, 6) is 0. The van der Waals surface area contributed by atoms with Crippen LogP contribution in [0.3, 0.4) is 0 Å². The van der Waals surface area contributed by atoms with Crippen LogP contribution >= 0.6 is 22.7 Å². The van der Waals surface area contributed by atoms with Crippen LogP contribution in [0.25, 0.3) is 20.3 Å². The van der Waals surface area contributed by atoms with Gasteiger partial charge in [-0.1, -0.05) is 11.3 Å². The van der Waals surface area contributed by atoms with Crippen LogP contribution in [0.2, 0.25) is 0 Å². The molecule has 3 N–H and O–H groups in total. The number of nitrogens with one attached hydrogen (secondary N) is 1. The minimum absolute atomic E-state index is 0.771. The van der Waals surface area contributed by atoms with Gasteiger partial charge in [-0.2, -0.15) is 0 Å². The van der Waals surface area contributed by atoms with Gasteiger partial charge in [0.15, 0.2) is 5.13 Å². The van der Waals surface area contributed by atoms with Gasteiger partial charge >= 0.3 is 0 Å². The molecule has 0 bridgehead atoms. The average Bonchev–Trinajstić information content (AvgIpc) is 3.03. The standard InChI is InChI=1S/C15H11N3S2/c16-10-1-3-12-14(8-10)20-15(18-12)17-11-2-4-13-9(7-11)5-6-19-13/h1-8H,16H2,(H,17,18). The first-order valence-electron chi connectivity index (χ1n) is 6.18. The fourth-order valence-corrected chi connectivity index (χ4v) is 3.87. The third-order valence-corrected chi connectivity index (χ3v) is 4.95. The van der Waals surface area contributed by atoms with Crippen molar-refractivity contribution in [3.63, 3.8) is 0 Å². The third-order valence-electron chi connectivity index (χ3n) is 3.12. The molecule has 0 saturated heterocycles. The zero-order chi connectivity index (χ0) is 13.5. The molecule has 2 aromatic heterocycles. The fraction of sp³-hybridized carbons (Fsp3) is 0. The zero-order valence-electron chi connectivity index (χ0n) is 10.5. The van der Waals surface area contributed by atoms with Crippen molar-refractivity contribution in [3.05, 3.63) is 47.8 Å². The van der Waals surface area contributed by atoms with Gasteiger partial charge in [0.05, 0.1) is 10.2 Å². The molecule has 4 aromatic rings. The molecule has 2 aromatic carbocycles. The molecule has 3 nitrogen and oxygen atoms in total. The summed E-state index contributed by atoms with van der Waals surface area (Å²) in [6.07, 6.45) is 0. The number of thiazole rings is 1. The predicted molar refractivity (Wildman–Crippen MR) is 89.1 cm³/mol. The molecule has 0 aliphatic carbocycles. The molecule has 0 atom stereocenters. The molecule has 2 heterocycles. The molecule has 20 heavy (non-hydrogen) atoms. The second-order valence-corrected chi connectivity index (χ2v) is 6.52. The molecular formula is C15H11N3S2. The summed E-state index contributed by atoms with van der Waals surface area (Å²) in [7, 11) is 0. The van der Waals surface area contributed by atoms with Crippen molar-refractivity contribution in [2.45, 2.75) is 0 Å². The number of hydrogen-bond acceptors (Lipinski definition) is 5. The maximum Gasteiger partial charge on any atom is 0.188 e. The molecule has 0 spiro atoms. The van der Waals surface area contributed by atoms with Gasteiger partial charge in [0.1, 0.15) is 0 Å².